The van der Waals surface area contributed by atoms with Gasteiger partial charge in [-0.1, -0.05) is 42.2 Å². The van der Waals surface area contributed by atoms with Crippen LogP contribution in [-0.4, -0.2) is 35.4 Å². The highest BCUT2D eigenvalue weighted by atomic mass is 16.5. The van der Waals surface area contributed by atoms with E-state index < -0.39 is 12.1 Å². The number of aryl methyl sites for hydroxylation is 1. The largest absolute Gasteiger partial charge is 0.479 e. The van der Waals surface area contributed by atoms with Gasteiger partial charge in [-0.05, 0) is 43.7 Å². The van der Waals surface area contributed by atoms with Gasteiger partial charge in [0.1, 0.15) is 18.1 Å². The lowest BCUT2D eigenvalue weighted by Gasteiger charge is -2.12. The number of carboxylic acids is 1. The average molecular weight is 419 g/mol. The SMILES string of the molecule is CCOC(Cc1ccc(C#CCOCc2nc(-c3ccccc3)oc2C)cc1)C(=O)O. The predicted octanol–water partition coefficient (Wildman–Crippen LogP) is 4.25. The number of oxazole rings is 1. The molecule has 31 heavy (non-hydrogen) atoms. The summed E-state index contributed by atoms with van der Waals surface area (Å²) in [6, 6.07) is 17.2. The van der Waals surface area contributed by atoms with Crippen LogP contribution in [0.25, 0.3) is 11.5 Å². The van der Waals surface area contributed by atoms with Crippen molar-refractivity contribution < 1.29 is 23.8 Å². The molecule has 0 bridgehead atoms. The van der Waals surface area contributed by atoms with Crippen LogP contribution in [0.2, 0.25) is 0 Å². The van der Waals surface area contributed by atoms with Crippen LogP contribution in [0, 0.1) is 18.8 Å². The van der Waals surface area contributed by atoms with Crippen LogP contribution < -0.4 is 0 Å². The van der Waals surface area contributed by atoms with Gasteiger partial charge in [-0.2, -0.15) is 0 Å². The zero-order valence-electron chi connectivity index (χ0n) is 17.6. The molecule has 1 unspecified atom stereocenters. The number of rotatable bonds is 9. The van der Waals surface area contributed by atoms with Crippen molar-refractivity contribution in [1.82, 2.24) is 4.98 Å². The number of nitrogens with zero attached hydrogens (tertiary/aromatic N) is 1. The standard InChI is InChI=1S/C25H25NO5/c1-3-30-23(25(27)28)16-20-13-11-19(12-14-20)8-7-15-29-17-22-18(2)31-24(26-22)21-9-5-4-6-10-21/h4-6,9-14,23H,3,15-17H2,1-2H3,(H,27,28). The molecule has 0 aliphatic carbocycles. The Labute approximate surface area is 181 Å². The first-order chi connectivity index (χ1) is 15.1. The monoisotopic (exact) mass is 419 g/mol. The molecule has 1 N–H and O–H groups in total. The number of benzene rings is 2. The van der Waals surface area contributed by atoms with Crippen molar-refractivity contribution in [2.24, 2.45) is 0 Å². The van der Waals surface area contributed by atoms with E-state index in [0.29, 0.717) is 25.5 Å². The van der Waals surface area contributed by atoms with E-state index >= 15 is 0 Å². The number of hydrogen-bond donors (Lipinski definition) is 1. The maximum absolute atomic E-state index is 11.2. The third-order valence-corrected chi connectivity index (χ3v) is 4.58. The van der Waals surface area contributed by atoms with E-state index in [2.05, 4.69) is 16.8 Å². The van der Waals surface area contributed by atoms with Crippen LogP contribution in [0.4, 0.5) is 0 Å². The Morgan fingerprint density at radius 2 is 1.90 bits per heavy atom. The van der Waals surface area contributed by atoms with E-state index in [1.807, 2.05) is 61.5 Å². The highest BCUT2D eigenvalue weighted by Crippen LogP contribution is 2.21. The maximum Gasteiger partial charge on any atom is 0.333 e. The van der Waals surface area contributed by atoms with Crippen LogP contribution in [-0.2, 0) is 27.3 Å². The lowest BCUT2D eigenvalue weighted by molar-refractivity contribution is -0.149. The molecule has 6 heteroatoms. The fourth-order valence-electron chi connectivity index (χ4n) is 2.96. The molecule has 0 fully saturated rings. The molecule has 0 saturated heterocycles. The van der Waals surface area contributed by atoms with E-state index in [4.69, 9.17) is 13.9 Å². The van der Waals surface area contributed by atoms with Gasteiger partial charge in [-0.25, -0.2) is 9.78 Å². The molecule has 160 valence electrons. The van der Waals surface area contributed by atoms with E-state index in [-0.39, 0.29) is 6.61 Å². The van der Waals surface area contributed by atoms with Gasteiger partial charge in [0.2, 0.25) is 5.89 Å². The van der Waals surface area contributed by atoms with E-state index in [1.54, 1.807) is 6.92 Å². The minimum Gasteiger partial charge on any atom is -0.479 e. The highest BCUT2D eigenvalue weighted by molar-refractivity contribution is 5.72. The molecule has 3 rings (SSSR count). The second-order valence-corrected chi connectivity index (χ2v) is 6.87. The van der Waals surface area contributed by atoms with Gasteiger partial charge in [-0.15, -0.1) is 0 Å². The number of hydrogen-bond acceptors (Lipinski definition) is 5. The van der Waals surface area contributed by atoms with Crippen molar-refractivity contribution >= 4 is 5.97 Å². The van der Waals surface area contributed by atoms with Gasteiger partial charge in [-0.3, -0.25) is 0 Å². The Hall–Kier alpha value is -3.40. The highest BCUT2D eigenvalue weighted by Gasteiger charge is 2.17. The summed E-state index contributed by atoms with van der Waals surface area (Å²) in [6.45, 7) is 4.60. The molecule has 1 heterocycles. The first-order valence-corrected chi connectivity index (χ1v) is 10.1. The van der Waals surface area contributed by atoms with Crippen molar-refractivity contribution in [3.63, 3.8) is 0 Å². The van der Waals surface area contributed by atoms with Gasteiger partial charge >= 0.3 is 5.97 Å². The quantitative estimate of drug-likeness (QED) is 0.412. The van der Waals surface area contributed by atoms with Gasteiger partial charge in [0, 0.05) is 24.2 Å². The Kier molecular flexibility index (Phi) is 7.99. The molecule has 0 saturated carbocycles. The van der Waals surface area contributed by atoms with Crippen LogP contribution in [0.5, 0.6) is 0 Å². The Morgan fingerprint density at radius 3 is 2.58 bits per heavy atom. The summed E-state index contributed by atoms with van der Waals surface area (Å²) in [5, 5.41) is 9.17. The Morgan fingerprint density at radius 1 is 1.16 bits per heavy atom. The molecule has 2 aromatic carbocycles. The molecule has 0 radical (unpaired) electrons. The van der Waals surface area contributed by atoms with E-state index in [1.165, 1.54) is 0 Å². The summed E-state index contributed by atoms with van der Waals surface area (Å²) in [5.74, 6) is 6.37. The van der Waals surface area contributed by atoms with Gasteiger partial charge in [0.25, 0.3) is 0 Å². The van der Waals surface area contributed by atoms with Crippen molar-refractivity contribution in [3.05, 3.63) is 77.2 Å². The molecule has 6 nitrogen and oxygen atoms in total. The summed E-state index contributed by atoms with van der Waals surface area (Å²) in [7, 11) is 0. The molecular weight excluding hydrogens is 394 g/mol. The molecule has 0 aliphatic heterocycles. The summed E-state index contributed by atoms with van der Waals surface area (Å²) >= 11 is 0. The van der Waals surface area contributed by atoms with Crippen molar-refractivity contribution in [2.45, 2.75) is 33.0 Å². The molecule has 0 spiro atoms. The molecule has 0 aliphatic rings. The Balaban J connectivity index is 1.49. The molecular formula is C25H25NO5. The average Bonchev–Trinajstić information content (AvgIpc) is 3.15. The number of aliphatic carboxylic acids is 1. The Bertz CT molecular complexity index is 1050. The number of carbonyl (C=O) groups is 1. The zero-order chi connectivity index (χ0) is 22.1. The van der Waals surface area contributed by atoms with Crippen molar-refractivity contribution in [2.75, 3.05) is 13.2 Å². The first kappa shape index (κ1) is 22.3. The zero-order valence-corrected chi connectivity index (χ0v) is 17.6. The lowest BCUT2D eigenvalue weighted by atomic mass is 10.1. The smallest absolute Gasteiger partial charge is 0.333 e. The molecule has 1 atom stereocenters. The summed E-state index contributed by atoms with van der Waals surface area (Å²) in [6.07, 6.45) is -0.514. The van der Waals surface area contributed by atoms with Gasteiger partial charge in [0.15, 0.2) is 6.10 Å². The predicted molar refractivity (Wildman–Crippen MR) is 116 cm³/mol. The minimum atomic E-state index is -0.957. The van der Waals surface area contributed by atoms with Crippen LogP contribution >= 0.6 is 0 Å². The van der Waals surface area contributed by atoms with Crippen molar-refractivity contribution in [3.8, 4) is 23.3 Å². The number of carboxylic acid groups (broad SMARTS) is 1. The summed E-state index contributed by atoms with van der Waals surface area (Å²) in [5.41, 5.74) is 3.40. The second-order valence-electron chi connectivity index (χ2n) is 6.87. The summed E-state index contributed by atoms with van der Waals surface area (Å²) < 4.78 is 16.6. The van der Waals surface area contributed by atoms with Gasteiger partial charge < -0.3 is 19.0 Å². The fourth-order valence-corrected chi connectivity index (χ4v) is 2.96. The van der Waals surface area contributed by atoms with E-state index in [9.17, 15) is 9.90 Å². The van der Waals surface area contributed by atoms with Crippen LogP contribution in [0.15, 0.2) is 59.0 Å². The van der Waals surface area contributed by atoms with Crippen LogP contribution in [0.1, 0.15) is 29.5 Å². The third-order valence-electron chi connectivity index (χ3n) is 4.58. The van der Waals surface area contributed by atoms with Crippen molar-refractivity contribution in [1.29, 1.82) is 0 Å². The molecule has 1 aromatic heterocycles. The van der Waals surface area contributed by atoms with Gasteiger partial charge in [0.05, 0.1) is 6.61 Å². The number of aromatic nitrogens is 1. The number of ether oxygens (including phenoxy) is 2. The maximum atomic E-state index is 11.2. The van der Waals surface area contributed by atoms with E-state index in [0.717, 1.165) is 28.1 Å². The second kappa shape index (κ2) is 11.1. The lowest BCUT2D eigenvalue weighted by Crippen LogP contribution is -2.26. The first-order valence-electron chi connectivity index (χ1n) is 10.1. The van der Waals surface area contributed by atoms with Crippen LogP contribution in [0.3, 0.4) is 0 Å². The minimum absolute atomic E-state index is 0.264. The summed E-state index contributed by atoms with van der Waals surface area (Å²) in [4.78, 5) is 15.7. The molecule has 3 aromatic rings. The third kappa shape index (κ3) is 6.54. The fraction of sp³-hybridized carbons (Fsp3) is 0.280. The normalized spacial score (nSPS) is 11.5. The topological polar surface area (TPSA) is 81.8 Å². The molecule has 0 amide bonds.